The highest BCUT2D eigenvalue weighted by Crippen LogP contribution is 2.45. The zero-order valence-electron chi connectivity index (χ0n) is 12.4. The Kier molecular flexibility index (Phi) is 3.93. The molecule has 4 atom stereocenters. The van der Waals surface area contributed by atoms with Crippen LogP contribution in [0.15, 0.2) is 0 Å². The molecule has 2 aliphatic rings. The van der Waals surface area contributed by atoms with Crippen molar-refractivity contribution in [3.63, 3.8) is 0 Å². The fourth-order valence-corrected chi connectivity index (χ4v) is 3.07. The number of piperidine rings is 1. The molecule has 0 aromatic heterocycles. The molecular weight excluding hydrogens is 265 g/mol. The first-order valence-electron chi connectivity index (χ1n) is 7.06. The van der Waals surface area contributed by atoms with Crippen LogP contribution in [0.5, 0.6) is 0 Å². The van der Waals surface area contributed by atoms with Crippen LogP contribution in [0.2, 0.25) is 0 Å². The van der Waals surface area contributed by atoms with Crippen molar-refractivity contribution in [1.82, 2.24) is 4.90 Å². The number of amides is 1. The quantitative estimate of drug-likeness (QED) is 0.731. The number of alkyl halides is 1. The van der Waals surface area contributed by atoms with Gasteiger partial charge >= 0.3 is 12.1 Å². The van der Waals surface area contributed by atoms with Gasteiger partial charge in [0, 0.05) is 12.0 Å². The highest BCUT2D eigenvalue weighted by Gasteiger charge is 2.57. The number of hydrogen-bond acceptors (Lipinski definition) is 4. The van der Waals surface area contributed by atoms with Gasteiger partial charge in [0.15, 0.2) is 0 Å². The van der Waals surface area contributed by atoms with E-state index >= 15 is 0 Å². The highest BCUT2D eigenvalue weighted by atomic mass is 19.1. The molecule has 114 valence electrons. The second-order valence-electron chi connectivity index (χ2n) is 6.39. The van der Waals surface area contributed by atoms with Crippen molar-refractivity contribution < 1.29 is 23.5 Å². The van der Waals surface area contributed by atoms with E-state index in [1.54, 1.807) is 27.7 Å². The Hall–Kier alpha value is -1.33. The average Bonchev–Trinajstić information content (AvgIpc) is 2.82. The third-order valence-electron chi connectivity index (χ3n) is 3.74. The van der Waals surface area contributed by atoms with Crippen molar-refractivity contribution in [2.45, 2.75) is 64.4 Å². The number of ether oxygens (including phenoxy) is 2. The Morgan fingerprint density at radius 1 is 1.30 bits per heavy atom. The van der Waals surface area contributed by atoms with Crippen LogP contribution in [-0.2, 0) is 14.3 Å². The molecule has 0 aromatic rings. The van der Waals surface area contributed by atoms with Crippen LogP contribution in [0.4, 0.5) is 9.18 Å². The summed E-state index contributed by atoms with van der Waals surface area (Å²) in [7, 11) is 0. The summed E-state index contributed by atoms with van der Waals surface area (Å²) in [5.41, 5.74) is -0.646. The standard InChI is InChI=1S/C14H22FNO4/c1-5-19-12(17)11-9-6-8(7-10(9)15)16(11)13(18)20-14(2,3)4/h8-11H,5-7H2,1-4H3/t8-,9-,10?,11+/m1/s1. The minimum absolute atomic E-state index is 0.214. The maximum atomic E-state index is 13.9. The number of fused-ring (bicyclic) bond motifs is 2. The molecule has 1 aliphatic carbocycles. The zero-order valence-corrected chi connectivity index (χ0v) is 12.4. The molecule has 2 rings (SSSR count). The molecule has 0 N–H and O–H groups in total. The number of carbonyl (C=O) groups is 2. The van der Waals surface area contributed by atoms with Gasteiger partial charge < -0.3 is 9.47 Å². The van der Waals surface area contributed by atoms with Gasteiger partial charge in [0.25, 0.3) is 0 Å². The monoisotopic (exact) mass is 287 g/mol. The van der Waals surface area contributed by atoms with E-state index < -0.39 is 35.8 Å². The summed E-state index contributed by atoms with van der Waals surface area (Å²) in [6, 6.07) is -1.11. The molecule has 20 heavy (non-hydrogen) atoms. The molecule has 0 spiro atoms. The molecule has 1 unspecified atom stereocenters. The number of rotatable bonds is 2. The van der Waals surface area contributed by atoms with E-state index in [2.05, 4.69) is 0 Å². The van der Waals surface area contributed by atoms with Crippen LogP contribution in [0.1, 0.15) is 40.5 Å². The van der Waals surface area contributed by atoms with Crippen LogP contribution < -0.4 is 0 Å². The second kappa shape index (κ2) is 5.22. The topological polar surface area (TPSA) is 55.8 Å². The molecule has 6 heteroatoms. The first kappa shape index (κ1) is 15.1. The maximum absolute atomic E-state index is 13.9. The lowest BCUT2D eigenvalue weighted by molar-refractivity contribution is -0.152. The van der Waals surface area contributed by atoms with E-state index in [9.17, 15) is 14.0 Å². The molecule has 2 bridgehead atoms. The summed E-state index contributed by atoms with van der Waals surface area (Å²) >= 11 is 0. The van der Waals surface area contributed by atoms with Gasteiger partial charge in [0.05, 0.1) is 6.61 Å². The Morgan fingerprint density at radius 3 is 2.50 bits per heavy atom. The second-order valence-corrected chi connectivity index (χ2v) is 6.39. The van der Waals surface area contributed by atoms with Crippen LogP contribution in [0, 0.1) is 5.92 Å². The first-order valence-corrected chi connectivity index (χ1v) is 7.06. The highest BCUT2D eigenvalue weighted by molar-refractivity contribution is 5.83. The molecule has 1 amide bonds. The summed E-state index contributed by atoms with van der Waals surface area (Å²) in [5, 5.41) is 0. The largest absolute Gasteiger partial charge is 0.464 e. The van der Waals surface area contributed by atoms with E-state index in [0.717, 1.165) is 0 Å². The molecule has 1 saturated carbocycles. The van der Waals surface area contributed by atoms with Gasteiger partial charge in [-0.2, -0.15) is 0 Å². The average molecular weight is 287 g/mol. The summed E-state index contributed by atoms with van der Waals surface area (Å²) in [4.78, 5) is 25.7. The van der Waals surface area contributed by atoms with Crippen molar-refractivity contribution in [2.24, 2.45) is 5.92 Å². The predicted octanol–water partition coefficient (Wildman–Crippen LogP) is 2.29. The normalized spacial score (nSPS) is 32.4. The molecule has 1 aliphatic heterocycles. The first-order chi connectivity index (χ1) is 9.24. The van der Waals surface area contributed by atoms with Gasteiger partial charge in [0.2, 0.25) is 0 Å². The molecule has 1 heterocycles. The van der Waals surface area contributed by atoms with Crippen molar-refractivity contribution >= 4 is 12.1 Å². The molecular formula is C14H22FNO4. The molecule has 1 saturated heterocycles. The fraction of sp³-hybridized carbons (Fsp3) is 0.857. The zero-order chi connectivity index (χ0) is 15.1. The SMILES string of the molecule is CCOC(=O)[C@@H]1[C@@H]2C[C@H](CC2F)N1C(=O)OC(C)(C)C. The Morgan fingerprint density at radius 2 is 1.95 bits per heavy atom. The number of nitrogens with zero attached hydrogens (tertiary/aromatic N) is 1. The summed E-state index contributed by atoms with van der Waals surface area (Å²) in [5.74, 6) is -1.00. The Balaban J connectivity index is 2.17. The summed E-state index contributed by atoms with van der Waals surface area (Å²) in [6.07, 6.45) is -0.827. The van der Waals surface area contributed by atoms with E-state index in [4.69, 9.17) is 9.47 Å². The predicted molar refractivity (Wildman–Crippen MR) is 69.9 cm³/mol. The van der Waals surface area contributed by atoms with E-state index in [1.807, 2.05) is 0 Å². The Bertz CT molecular complexity index is 406. The molecule has 2 fully saturated rings. The number of esters is 1. The van der Waals surface area contributed by atoms with Crippen molar-refractivity contribution in [2.75, 3.05) is 6.61 Å². The number of likely N-dealkylation sites (tertiary alicyclic amines) is 1. The fourth-order valence-electron chi connectivity index (χ4n) is 3.07. The summed E-state index contributed by atoms with van der Waals surface area (Å²) < 4.78 is 24.2. The number of halogens is 1. The Labute approximate surface area is 118 Å². The lowest BCUT2D eigenvalue weighted by Crippen LogP contribution is -2.53. The van der Waals surface area contributed by atoms with Crippen molar-refractivity contribution in [3.05, 3.63) is 0 Å². The van der Waals surface area contributed by atoms with E-state index in [1.165, 1.54) is 4.90 Å². The van der Waals surface area contributed by atoms with Crippen LogP contribution in [0.3, 0.4) is 0 Å². The molecule has 0 radical (unpaired) electrons. The summed E-state index contributed by atoms with van der Waals surface area (Å²) in [6.45, 7) is 7.19. The molecule has 0 aromatic carbocycles. The van der Waals surface area contributed by atoms with Crippen LogP contribution in [0.25, 0.3) is 0 Å². The molecule has 5 nitrogen and oxygen atoms in total. The minimum Gasteiger partial charge on any atom is -0.464 e. The van der Waals surface area contributed by atoms with Gasteiger partial charge in [-0.25, -0.2) is 14.0 Å². The van der Waals surface area contributed by atoms with Gasteiger partial charge in [-0.05, 0) is 40.5 Å². The van der Waals surface area contributed by atoms with Gasteiger partial charge in [-0.1, -0.05) is 0 Å². The van der Waals surface area contributed by atoms with Crippen molar-refractivity contribution in [3.8, 4) is 0 Å². The van der Waals surface area contributed by atoms with Gasteiger partial charge in [0.1, 0.15) is 17.8 Å². The third kappa shape index (κ3) is 2.74. The smallest absolute Gasteiger partial charge is 0.411 e. The van der Waals surface area contributed by atoms with E-state index in [-0.39, 0.29) is 19.1 Å². The number of carbonyl (C=O) groups excluding carboxylic acids is 2. The van der Waals surface area contributed by atoms with E-state index in [0.29, 0.717) is 6.42 Å². The van der Waals surface area contributed by atoms with Crippen LogP contribution >= 0.6 is 0 Å². The maximum Gasteiger partial charge on any atom is 0.411 e. The van der Waals surface area contributed by atoms with Crippen LogP contribution in [-0.4, -0.2) is 47.4 Å². The number of hydrogen-bond donors (Lipinski definition) is 0. The lowest BCUT2D eigenvalue weighted by Gasteiger charge is -2.36. The third-order valence-corrected chi connectivity index (χ3v) is 3.74. The van der Waals surface area contributed by atoms with Gasteiger partial charge in [-0.3, -0.25) is 4.90 Å². The van der Waals surface area contributed by atoms with Crippen molar-refractivity contribution in [1.29, 1.82) is 0 Å². The van der Waals surface area contributed by atoms with Gasteiger partial charge in [-0.15, -0.1) is 0 Å². The minimum atomic E-state index is -1.05. The lowest BCUT2D eigenvalue weighted by atomic mass is 9.97.